The van der Waals surface area contributed by atoms with E-state index in [0.717, 1.165) is 10.6 Å². The largest absolute Gasteiger partial charge is 0.458 e. The highest BCUT2D eigenvalue weighted by atomic mass is 16.5. The number of fused-ring (bicyclic) bond motifs is 2. The quantitative estimate of drug-likeness (QED) is 0.445. The number of aromatic nitrogens is 2. The molecule has 28 heavy (non-hydrogen) atoms. The first-order chi connectivity index (χ1) is 13.5. The average Bonchev–Trinajstić information content (AvgIpc) is 2.91. The molecular formula is C20H19N3O5. The number of hydrogen-bond donors (Lipinski definition) is 0. The summed E-state index contributed by atoms with van der Waals surface area (Å²) >= 11 is 0. The molecular weight excluding hydrogens is 362 g/mol. The zero-order chi connectivity index (χ0) is 19.8. The Bertz CT molecular complexity index is 1050. The fraction of sp³-hybridized carbons (Fsp3) is 0.350. The topological polar surface area (TPSA) is 98.0 Å². The van der Waals surface area contributed by atoms with E-state index in [0.29, 0.717) is 24.2 Å². The first-order valence-electron chi connectivity index (χ1n) is 9.10. The molecule has 2 amide bonds. The van der Waals surface area contributed by atoms with Crippen LogP contribution < -0.4 is 5.56 Å². The Hall–Kier alpha value is -3.29. The lowest BCUT2D eigenvalue weighted by Crippen LogP contribution is -2.36. The smallest absolute Gasteiger partial charge is 0.326 e. The molecule has 1 aliphatic carbocycles. The van der Waals surface area contributed by atoms with Crippen molar-refractivity contribution in [3.05, 3.63) is 58.2 Å². The van der Waals surface area contributed by atoms with Crippen molar-refractivity contribution in [3.63, 3.8) is 0 Å². The fourth-order valence-corrected chi connectivity index (χ4v) is 3.79. The van der Waals surface area contributed by atoms with Gasteiger partial charge < -0.3 is 4.74 Å². The van der Waals surface area contributed by atoms with Gasteiger partial charge in [-0.25, -0.2) is 4.98 Å². The Morgan fingerprint density at radius 2 is 1.82 bits per heavy atom. The molecule has 0 aromatic carbocycles. The van der Waals surface area contributed by atoms with Crippen LogP contribution in [0.2, 0.25) is 0 Å². The van der Waals surface area contributed by atoms with Crippen LogP contribution in [0.3, 0.4) is 0 Å². The van der Waals surface area contributed by atoms with E-state index in [2.05, 4.69) is 4.98 Å². The molecule has 144 valence electrons. The molecule has 2 atom stereocenters. The van der Waals surface area contributed by atoms with Gasteiger partial charge in [-0.1, -0.05) is 18.2 Å². The van der Waals surface area contributed by atoms with Crippen LogP contribution >= 0.6 is 0 Å². The monoisotopic (exact) mass is 381 g/mol. The van der Waals surface area contributed by atoms with Crippen molar-refractivity contribution >= 4 is 23.4 Å². The van der Waals surface area contributed by atoms with Gasteiger partial charge in [-0.3, -0.25) is 28.5 Å². The number of rotatable bonds is 4. The Morgan fingerprint density at radius 3 is 2.50 bits per heavy atom. The zero-order valence-electron chi connectivity index (χ0n) is 15.3. The first-order valence-corrected chi connectivity index (χ1v) is 9.10. The van der Waals surface area contributed by atoms with Gasteiger partial charge >= 0.3 is 5.97 Å². The van der Waals surface area contributed by atoms with Crippen LogP contribution in [0.5, 0.6) is 0 Å². The van der Waals surface area contributed by atoms with Crippen molar-refractivity contribution in [2.75, 3.05) is 6.54 Å². The number of likely N-dealkylation sites (tertiary alicyclic amines) is 1. The number of carbonyl (C=O) groups excluding carboxylic acids is 3. The molecule has 0 saturated carbocycles. The van der Waals surface area contributed by atoms with Crippen molar-refractivity contribution in [3.8, 4) is 0 Å². The molecule has 0 N–H and O–H groups in total. The first kappa shape index (κ1) is 18.1. The van der Waals surface area contributed by atoms with Gasteiger partial charge in [0.05, 0.1) is 17.5 Å². The van der Waals surface area contributed by atoms with E-state index in [1.165, 1.54) is 10.5 Å². The molecule has 8 nitrogen and oxygen atoms in total. The number of esters is 1. The Kier molecular flexibility index (Phi) is 4.54. The minimum atomic E-state index is -0.709. The third-order valence-corrected chi connectivity index (χ3v) is 5.20. The molecule has 0 spiro atoms. The summed E-state index contributed by atoms with van der Waals surface area (Å²) in [5.74, 6) is -2.12. The molecule has 1 aliphatic heterocycles. The van der Waals surface area contributed by atoms with E-state index in [-0.39, 0.29) is 35.8 Å². The minimum absolute atomic E-state index is 0.205. The molecule has 0 radical (unpaired) electrons. The molecule has 4 rings (SSSR count). The summed E-state index contributed by atoms with van der Waals surface area (Å²) < 4.78 is 6.62. The van der Waals surface area contributed by atoms with Crippen LogP contribution in [0, 0.1) is 18.8 Å². The number of allylic oxidation sites excluding steroid dienone is 2. The third-order valence-electron chi connectivity index (χ3n) is 5.20. The predicted molar refractivity (Wildman–Crippen MR) is 98.1 cm³/mol. The van der Waals surface area contributed by atoms with Crippen LogP contribution in [0.1, 0.15) is 24.2 Å². The van der Waals surface area contributed by atoms with Crippen molar-refractivity contribution < 1.29 is 19.1 Å². The number of aryl methyl sites for hydroxylation is 1. The summed E-state index contributed by atoms with van der Waals surface area (Å²) in [4.78, 5) is 54.5. The van der Waals surface area contributed by atoms with Gasteiger partial charge in [0.2, 0.25) is 11.8 Å². The van der Waals surface area contributed by atoms with Crippen molar-refractivity contribution in [1.82, 2.24) is 14.3 Å². The molecule has 3 heterocycles. The summed E-state index contributed by atoms with van der Waals surface area (Å²) in [6.07, 6.45) is 4.82. The maximum Gasteiger partial charge on any atom is 0.326 e. The molecule has 2 aromatic heterocycles. The predicted octanol–water partition coefficient (Wildman–Crippen LogP) is 0.997. The van der Waals surface area contributed by atoms with E-state index in [1.54, 1.807) is 25.1 Å². The molecule has 0 unspecified atom stereocenters. The Balaban J connectivity index is 1.43. The summed E-state index contributed by atoms with van der Waals surface area (Å²) in [6, 6.07) is 6.58. The second-order valence-corrected chi connectivity index (χ2v) is 7.03. The van der Waals surface area contributed by atoms with E-state index < -0.39 is 12.5 Å². The number of imide groups is 1. The van der Waals surface area contributed by atoms with Gasteiger partial charge in [-0.15, -0.1) is 0 Å². The Morgan fingerprint density at radius 1 is 1.14 bits per heavy atom. The van der Waals surface area contributed by atoms with Crippen LogP contribution in [-0.2, 0) is 25.7 Å². The molecule has 2 aromatic rings. The van der Waals surface area contributed by atoms with E-state index in [4.69, 9.17) is 4.74 Å². The maximum atomic E-state index is 12.4. The lowest BCUT2D eigenvalue weighted by Gasteiger charge is -2.14. The highest BCUT2D eigenvalue weighted by Crippen LogP contribution is 2.34. The van der Waals surface area contributed by atoms with Gasteiger partial charge in [0.25, 0.3) is 5.56 Å². The summed E-state index contributed by atoms with van der Waals surface area (Å²) in [6.45, 7) is 1.17. The van der Waals surface area contributed by atoms with E-state index >= 15 is 0 Å². The van der Waals surface area contributed by atoms with Crippen molar-refractivity contribution in [2.24, 2.45) is 11.8 Å². The van der Waals surface area contributed by atoms with Crippen molar-refractivity contribution in [1.29, 1.82) is 0 Å². The second-order valence-electron chi connectivity index (χ2n) is 7.03. The molecule has 2 aliphatic rings. The highest BCUT2D eigenvalue weighted by Gasteiger charge is 2.47. The van der Waals surface area contributed by atoms with Crippen molar-refractivity contribution in [2.45, 2.75) is 26.4 Å². The third kappa shape index (κ3) is 3.11. The average molecular weight is 381 g/mol. The fourth-order valence-electron chi connectivity index (χ4n) is 3.79. The SMILES string of the molecule is Cc1cccc2nc(COC(=O)CN3C(=O)[C@@H]4CC=CC[C@H]4C3=O)cc(=O)n12. The summed E-state index contributed by atoms with van der Waals surface area (Å²) in [5.41, 5.74) is 1.25. The number of hydrogen-bond acceptors (Lipinski definition) is 6. The normalized spacial score (nSPS) is 21.2. The number of nitrogens with zero attached hydrogens (tertiary/aromatic N) is 3. The molecule has 0 bridgehead atoms. The minimum Gasteiger partial charge on any atom is -0.458 e. The lowest BCUT2D eigenvalue weighted by atomic mass is 9.85. The molecule has 1 fully saturated rings. The Labute approximate surface area is 160 Å². The van der Waals surface area contributed by atoms with Crippen LogP contribution in [0.15, 0.2) is 41.2 Å². The summed E-state index contributed by atoms with van der Waals surface area (Å²) in [5, 5.41) is 0. The van der Waals surface area contributed by atoms with E-state index in [9.17, 15) is 19.2 Å². The van der Waals surface area contributed by atoms with Gasteiger partial charge in [0, 0.05) is 11.8 Å². The summed E-state index contributed by atoms with van der Waals surface area (Å²) in [7, 11) is 0. The van der Waals surface area contributed by atoms with Gasteiger partial charge in [-0.05, 0) is 31.9 Å². The van der Waals surface area contributed by atoms with Gasteiger partial charge in [-0.2, -0.15) is 0 Å². The molecule has 8 heteroatoms. The number of amides is 2. The number of ether oxygens (including phenoxy) is 1. The standard InChI is InChI=1S/C20H19N3O5/c1-12-5-4-8-16-21-13(9-17(24)23(12)16)11-28-18(25)10-22-19(26)14-6-2-3-7-15(14)20(22)27/h2-5,8-9,14-15H,6-7,10-11H2,1H3/t14-,15-/m1/s1. The van der Waals surface area contributed by atoms with Crippen LogP contribution in [-0.4, -0.2) is 38.6 Å². The van der Waals surface area contributed by atoms with Crippen LogP contribution in [0.25, 0.3) is 5.65 Å². The lowest BCUT2D eigenvalue weighted by molar-refractivity contribution is -0.153. The van der Waals surface area contributed by atoms with E-state index in [1.807, 2.05) is 12.2 Å². The highest BCUT2D eigenvalue weighted by molar-refractivity contribution is 6.07. The second kappa shape index (κ2) is 7.03. The number of carbonyl (C=O) groups is 3. The zero-order valence-corrected chi connectivity index (χ0v) is 15.3. The maximum absolute atomic E-state index is 12.4. The van der Waals surface area contributed by atoms with Gasteiger partial charge in [0.15, 0.2) is 0 Å². The van der Waals surface area contributed by atoms with Crippen LogP contribution in [0.4, 0.5) is 0 Å². The molecule has 1 saturated heterocycles. The van der Waals surface area contributed by atoms with Gasteiger partial charge in [0.1, 0.15) is 18.8 Å². The number of pyridine rings is 1.